The summed E-state index contributed by atoms with van der Waals surface area (Å²) in [5.74, 6) is 0.618. The van der Waals surface area contributed by atoms with Crippen LogP contribution in [-0.2, 0) is 21.3 Å². The zero-order valence-electron chi connectivity index (χ0n) is 12.1. The Balaban J connectivity index is 2.38. The molecular formula is C13H24N2O4S. The van der Waals surface area contributed by atoms with Crippen molar-refractivity contribution in [1.29, 1.82) is 0 Å². The lowest BCUT2D eigenvalue weighted by Gasteiger charge is -2.04. The fourth-order valence-corrected chi connectivity index (χ4v) is 2.69. The van der Waals surface area contributed by atoms with Gasteiger partial charge in [-0.25, -0.2) is 13.1 Å². The third-order valence-electron chi connectivity index (χ3n) is 2.77. The van der Waals surface area contributed by atoms with Crippen molar-refractivity contribution in [3.05, 3.63) is 17.9 Å². The van der Waals surface area contributed by atoms with Crippen molar-refractivity contribution in [3.8, 4) is 0 Å². The Kier molecular flexibility index (Phi) is 7.83. The Hall–Kier alpha value is -0.890. The van der Waals surface area contributed by atoms with E-state index in [1.54, 1.807) is 13.2 Å². The summed E-state index contributed by atoms with van der Waals surface area (Å²) in [5.41, 5.74) is 0. The van der Waals surface area contributed by atoms with Crippen molar-refractivity contribution in [2.75, 3.05) is 26.8 Å². The molecule has 0 saturated carbocycles. The van der Waals surface area contributed by atoms with Crippen molar-refractivity contribution in [1.82, 2.24) is 10.0 Å². The molecule has 0 unspecified atom stereocenters. The van der Waals surface area contributed by atoms with Gasteiger partial charge < -0.3 is 14.5 Å². The van der Waals surface area contributed by atoms with E-state index in [2.05, 4.69) is 10.0 Å². The molecule has 0 aliphatic rings. The number of rotatable bonds is 11. The maximum atomic E-state index is 12.0. The first-order valence-electron chi connectivity index (χ1n) is 6.88. The van der Waals surface area contributed by atoms with E-state index in [1.807, 2.05) is 6.92 Å². The van der Waals surface area contributed by atoms with Crippen LogP contribution in [0.4, 0.5) is 0 Å². The highest BCUT2D eigenvalue weighted by Crippen LogP contribution is 2.13. The minimum atomic E-state index is -3.53. The van der Waals surface area contributed by atoms with E-state index >= 15 is 0 Å². The van der Waals surface area contributed by atoms with E-state index in [0.717, 1.165) is 25.8 Å². The normalized spacial score (nSPS) is 11.9. The maximum Gasteiger partial charge on any atom is 0.273 e. The van der Waals surface area contributed by atoms with Crippen molar-refractivity contribution in [2.45, 2.75) is 37.8 Å². The summed E-state index contributed by atoms with van der Waals surface area (Å²) in [6.07, 6.45) is 2.65. The highest BCUT2D eigenvalue weighted by molar-refractivity contribution is 7.89. The van der Waals surface area contributed by atoms with Crippen molar-refractivity contribution in [2.24, 2.45) is 0 Å². The molecule has 0 aliphatic carbocycles. The van der Waals surface area contributed by atoms with Crippen LogP contribution in [0.25, 0.3) is 0 Å². The second-order valence-corrected chi connectivity index (χ2v) is 6.15. The molecule has 1 aromatic heterocycles. The molecule has 0 amide bonds. The van der Waals surface area contributed by atoms with Gasteiger partial charge in [0, 0.05) is 20.3 Å². The fourth-order valence-electron chi connectivity index (χ4n) is 1.67. The molecule has 0 radical (unpaired) electrons. The van der Waals surface area contributed by atoms with Gasteiger partial charge in [0.2, 0.25) is 5.09 Å². The van der Waals surface area contributed by atoms with Gasteiger partial charge in [-0.3, -0.25) is 0 Å². The first-order chi connectivity index (χ1) is 9.60. The summed E-state index contributed by atoms with van der Waals surface area (Å²) in [6, 6.07) is 3.16. The molecule has 2 N–H and O–H groups in total. The predicted molar refractivity (Wildman–Crippen MR) is 77.0 cm³/mol. The molecule has 116 valence electrons. The van der Waals surface area contributed by atoms with Gasteiger partial charge in [0.05, 0.1) is 6.54 Å². The third kappa shape index (κ3) is 6.04. The van der Waals surface area contributed by atoms with E-state index in [1.165, 1.54) is 6.07 Å². The second kappa shape index (κ2) is 9.12. The predicted octanol–water partition coefficient (Wildman–Crippen LogP) is 1.48. The Bertz CT molecular complexity index is 470. The van der Waals surface area contributed by atoms with Crippen LogP contribution in [0.3, 0.4) is 0 Å². The Labute approximate surface area is 120 Å². The van der Waals surface area contributed by atoms with Gasteiger partial charge in [-0.1, -0.05) is 6.92 Å². The van der Waals surface area contributed by atoms with Crippen LogP contribution in [0, 0.1) is 0 Å². The number of unbranched alkanes of at least 4 members (excludes halogenated alkanes) is 2. The summed E-state index contributed by atoms with van der Waals surface area (Å²) in [7, 11) is -1.88. The minimum absolute atomic E-state index is 0.0257. The zero-order chi connectivity index (χ0) is 14.8. The van der Waals surface area contributed by atoms with Gasteiger partial charge in [0.1, 0.15) is 5.76 Å². The molecule has 7 heteroatoms. The number of sulfonamides is 1. The van der Waals surface area contributed by atoms with Crippen LogP contribution in [0.1, 0.15) is 31.9 Å². The number of hydrogen-bond donors (Lipinski definition) is 2. The topological polar surface area (TPSA) is 80.6 Å². The Morgan fingerprint density at radius 3 is 2.75 bits per heavy atom. The first-order valence-corrected chi connectivity index (χ1v) is 8.36. The van der Waals surface area contributed by atoms with Gasteiger partial charge in [-0.2, -0.15) is 0 Å². The second-order valence-electron chi connectivity index (χ2n) is 4.45. The van der Waals surface area contributed by atoms with Crippen LogP contribution in [0.2, 0.25) is 0 Å². The first kappa shape index (κ1) is 17.2. The third-order valence-corrected chi connectivity index (χ3v) is 4.10. The minimum Gasteiger partial charge on any atom is -0.447 e. The zero-order valence-corrected chi connectivity index (χ0v) is 13.0. The smallest absolute Gasteiger partial charge is 0.273 e. The quantitative estimate of drug-likeness (QED) is 0.605. The van der Waals surface area contributed by atoms with E-state index in [-0.39, 0.29) is 5.09 Å². The number of ether oxygens (including phenoxy) is 1. The highest BCUT2D eigenvalue weighted by Gasteiger charge is 2.17. The molecule has 1 aromatic rings. The molecule has 1 rings (SSSR count). The molecule has 0 spiro atoms. The van der Waals surface area contributed by atoms with Gasteiger partial charge in [-0.05, 0) is 37.9 Å². The Morgan fingerprint density at radius 2 is 2.05 bits per heavy atom. The maximum absolute atomic E-state index is 12.0. The number of nitrogens with one attached hydrogen (secondary N) is 2. The van der Waals surface area contributed by atoms with Gasteiger partial charge >= 0.3 is 0 Å². The van der Waals surface area contributed by atoms with Gasteiger partial charge in [-0.15, -0.1) is 0 Å². The SMILES string of the molecule is CCNCc1ccc(S(=O)(=O)NCCCCCOC)o1. The average Bonchev–Trinajstić information content (AvgIpc) is 2.90. The molecule has 0 fully saturated rings. The van der Waals surface area contributed by atoms with Crippen LogP contribution < -0.4 is 10.0 Å². The van der Waals surface area contributed by atoms with E-state index < -0.39 is 10.0 Å². The lowest BCUT2D eigenvalue weighted by molar-refractivity contribution is 0.192. The molecule has 0 bridgehead atoms. The largest absolute Gasteiger partial charge is 0.447 e. The lowest BCUT2D eigenvalue weighted by atomic mass is 10.2. The van der Waals surface area contributed by atoms with E-state index in [0.29, 0.717) is 25.5 Å². The van der Waals surface area contributed by atoms with Crippen LogP contribution in [0.5, 0.6) is 0 Å². The number of furan rings is 1. The van der Waals surface area contributed by atoms with E-state index in [9.17, 15) is 8.42 Å². The van der Waals surface area contributed by atoms with Crippen molar-refractivity contribution < 1.29 is 17.6 Å². The van der Waals surface area contributed by atoms with Crippen LogP contribution >= 0.6 is 0 Å². The lowest BCUT2D eigenvalue weighted by Crippen LogP contribution is -2.24. The number of methoxy groups -OCH3 is 1. The standard InChI is InChI=1S/C13H24N2O4S/c1-3-14-11-12-7-8-13(19-12)20(16,17)15-9-5-4-6-10-18-2/h7-8,14-15H,3-6,9-11H2,1-2H3. The summed E-state index contributed by atoms with van der Waals surface area (Å²) in [4.78, 5) is 0. The molecule has 0 saturated heterocycles. The highest BCUT2D eigenvalue weighted by atomic mass is 32.2. The average molecular weight is 304 g/mol. The summed E-state index contributed by atoms with van der Waals surface area (Å²) in [6.45, 7) is 4.44. The molecule has 0 aromatic carbocycles. The molecule has 1 heterocycles. The molecular weight excluding hydrogens is 280 g/mol. The summed E-state index contributed by atoms with van der Waals surface area (Å²) in [5, 5.41) is 3.05. The fraction of sp³-hybridized carbons (Fsp3) is 0.692. The van der Waals surface area contributed by atoms with Gasteiger partial charge in [0.15, 0.2) is 0 Å². The molecule has 0 atom stereocenters. The van der Waals surface area contributed by atoms with Crippen molar-refractivity contribution in [3.63, 3.8) is 0 Å². The van der Waals surface area contributed by atoms with Crippen LogP contribution in [-0.4, -0.2) is 35.2 Å². The monoisotopic (exact) mass is 304 g/mol. The molecule has 0 aliphatic heterocycles. The summed E-state index contributed by atoms with van der Waals surface area (Å²) >= 11 is 0. The van der Waals surface area contributed by atoms with Gasteiger partial charge in [0.25, 0.3) is 10.0 Å². The number of hydrogen-bond acceptors (Lipinski definition) is 5. The molecule has 20 heavy (non-hydrogen) atoms. The van der Waals surface area contributed by atoms with Crippen molar-refractivity contribution >= 4 is 10.0 Å². The summed E-state index contributed by atoms with van der Waals surface area (Å²) < 4.78 is 36.7. The van der Waals surface area contributed by atoms with E-state index in [4.69, 9.17) is 9.15 Å². The Morgan fingerprint density at radius 1 is 1.25 bits per heavy atom. The van der Waals surface area contributed by atoms with Crippen LogP contribution in [0.15, 0.2) is 21.6 Å². The molecule has 6 nitrogen and oxygen atoms in total.